The summed E-state index contributed by atoms with van der Waals surface area (Å²) in [7, 11) is 0. The third-order valence-corrected chi connectivity index (χ3v) is 5.97. The molecule has 2 aromatic rings. The van der Waals surface area contributed by atoms with Gasteiger partial charge in [-0.1, -0.05) is 56.3 Å². The second kappa shape index (κ2) is 9.35. The minimum atomic E-state index is 0.133. The molecule has 1 fully saturated rings. The summed E-state index contributed by atoms with van der Waals surface area (Å²) in [5.41, 5.74) is 6.19. The Kier molecular flexibility index (Phi) is 6.87. The average molecular weight is 382 g/mol. The van der Waals surface area contributed by atoms with Crippen LogP contribution in [0.2, 0.25) is 0 Å². The molecule has 28 heavy (non-hydrogen) atoms. The minimum Gasteiger partial charge on any atom is -0.322 e. The molecule has 0 spiro atoms. The minimum absolute atomic E-state index is 0.133. The lowest BCUT2D eigenvalue weighted by atomic mass is 9.98. The fourth-order valence-corrected chi connectivity index (χ4v) is 4.14. The highest BCUT2D eigenvalue weighted by atomic mass is 16.2. The van der Waals surface area contributed by atoms with Crippen LogP contribution in [0, 0.1) is 13.8 Å². The zero-order valence-electron chi connectivity index (χ0n) is 17.8. The van der Waals surface area contributed by atoms with Crippen molar-refractivity contribution >= 4 is 11.6 Å². The Labute approximate surface area is 169 Å². The first kappa shape index (κ1) is 20.6. The molecule has 0 saturated carbocycles. The molecule has 0 aromatic heterocycles. The van der Waals surface area contributed by atoms with Crippen LogP contribution in [0.25, 0.3) is 0 Å². The largest absolute Gasteiger partial charge is 0.322 e. The van der Waals surface area contributed by atoms with Gasteiger partial charge in [-0.15, -0.1) is 0 Å². The van der Waals surface area contributed by atoms with Crippen LogP contribution in [0.1, 0.15) is 42.0 Å². The zero-order chi connectivity index (χ0) is 20.1. The summed E-state index contributed by atoms with van der Waals surface area (Å²) in [4.78, 5) is 15.7. The molecule has 1 amide bonds. The first-order chi connectivity index (χ1) is 13.4. The van der Waals surface area contributed by atoms with E-state index < -0.39 is 0 Å². The van der Waals surface area contributed by atoms with E-state index in [4.69, 9.17) is 0 Å². The maximum Gasteiger partial charge on any atom is 0.279 e. The summed E-state index contributed by atoms with van der Waals surface area (Å²) in [6, 6.07) is 14.9. The molecule has 150 valence electrons. The van der Waals surface area contributed by atoms with Gasteiger partial charge in [-0.05, 0) is 36.5 Å². The summed E-state index contributed by atoms with van der Waals surface area (Å²) >= 11 is 0. The molecule has 2 aromatic carbocycles. The Morgan fingerprint density at radius 3 is 2.25 bits per heavy atom. The number of hydrogen-bond acceptors (Lipinski definition) is 1. The van der Waals surface area contributed by atoms with E-state index in [-0.39, 0.29) is 5.91 Å². The SMILES string of the molecule is Cc1ccccc1C[NH+]1CC[NH+](CC(=O)Nc2c(C)cccc2C(C)C)CC1. The average Bonchev–Trinajstić information content (AvgIpc) is 2.66. The molecule has 1 heterocycles. The summed E-state index contributed by atoms with van der Waals surface area (Å²) in [6.45, 7) is 14.6. The number of piperazine rings is 1. The van der Waals surface area contributed by atoms with Crippen molar-refractivity contribution in [3.8, 4) is 0 Å². The van der Waals surface area contributed by atoms with Crippen molar-refractivity contribution < 1.29 is 14.6 Å². The van der Waals surface area contributed by atoms with Gasteiger partial charge in [-0.2, -0.15) is 0 Å². The molecule has 0 unspecified atom stereocenters. The first-order valence-corrected chi connectivity index (χ1v) is 10.5. The Morgan fingerprint density at radius 2 is 1.57 bits per heavy atom. The summed E-state index contributed by atoms with van der Waals surface area (Å²) < 4.78 is 0. The van der Waals surface area contributed by atoms with Crippen LogP contribution in [0.4, 0.5) is 5.69 Å². The maximum absolute atomic E-state index is 12.7. The lowest BCUT2D eigenvalue weighted by molar-refractivity contribution is -1.02. The van der Waals surface area contributed by atoms with E-state index in [2.05, 4.69) is 75.5 Å². The van der Waals surface area contributed by atoms with E-state index in [1.165, 1.54) is 21.6 Å². The quantitative estimate of drug-likeness (QED) is 0.694. The smallest absolute Gasteiger partial charge is 0.279 e. The van der Waals surface area contributed by atoms with Gasteiger partial charge in [0.1, 0.15) is 32.7 Å². The molecule has 4 nitrogen and oxygen atoms in total. The van der Waals surface area contributed by atoms with Crippen molar-refractivity contribution in [3.05, 3.63) is 64.7 Å². The summed E-state index contributed by atoms with van der Waals surface area (Å²) in [5, 5.41) is 3.20. The Bertz CT molecular complexity index is 807. The molecule has 3 rings (SSSR count). The Balaban J connectivity index is 1.51. The van der Waals surface area contributed by atoms with Gasteiger partial charge in [0.05, 0.1) is 0 Å². The number of anilines is 1. The van der Waals surface area contributed by atoms with Crippen molar-refractivity contribution in [1.82, 2.24) is 0 Å². The number of aryl methyl sites for hydroxylation is 2. The standard InChI is InChI=1S/C24H33N3O/c1-18(2)22-11-7-9-20(4)24(22)25-23(28)17-27-14-12-26(13-15-27)16-21-10-6-5-8-19(21)3/h5-11,18H,12-17H2,1-4H3,(H,25,28)/p+2. The number of rotatable bonds is 6. The van der Waals surface area contributed by atoms with Crippen LogP contribution in [0.3, 0.4) is 0 Å². The van der Waals surface area contributed by atoms with Crippen molar-refractivity contribution in [2.24, 2.45) is 0 Å². The fourth-order valence-electron chi connectivity index (χ4n) is 4.14. The first-order valence-electron chi connectivity index (χ1n) is 10.5. The van der Waals surface area contributed by atoms with Gasteiger partial charge in [0.2, 0.25) is 0 Å². The highest BCUT2D eigenvalue weighted by molar-refractivity contribution is 5.93. The molecule has 4 heteroatoms. The molecule has 3 N–H and O–H groups in total. The van der Waals surface area contributed by atoms with Crippen LogP contribution >= 0.6 is 0 Å². The number of quaternary nitrogens is 2. The lowest BCUT2D eigenvalue weighted by Gasteiger charge is -2.29. The van der Waals surface area contributed by atoms with E-state index >= 15 is 0 Å². The van der Waals surface area contributed by atoms with Crippen LogP contribution < -0.4 is 15.1 Å². The number of hydrogen-bond donors (Lipinski definition) is 3. The molecular weight excluding hydrogens is 346 g/mol. The third kappa shape index (κ3) is 5.21. The predicted molar refractivity (Wildman–Crippen MR) is 115 cm³/mol. The second-order valence-corrected chi connectivity index (χ2v) is 8.52. The highest BCUT2D eigenvalue weighted by Gasteiger charge is 2.25. The number of para-hydroxylation sites is 1. The monoisotopic (exact) mass is 381 g/mol. The molecule has 0 bridgehead atoms. The molecule has 1 saturated heterocycles. The number of carbonyl (C=O) groups is 1. The van der Waals surface area contributed by atoms with Crippen LogP contribution in [-0.2, 0) is 11.3 Å². The molecule has 0 radical (unpaired) electrons. The summed E-state index contributed by atoms with van der Waals surface area (Å²) in [5.74, 6) is 0.532. The lowest BCUT2D eigenvalue weighted by Crippen LogP contribution is -3.28. The van der Waals surface area contributed by atoms with Crippen LogP contribution in [0.15, 0.2) is 42.5 Å². The van der Waals surface area contributed by atoms with Gasteiger partial charge in [0.15, 0.2) is 6.54 Å². The third-order valence-electron chi connectivity index (χ3n) is 5.97. The van der Waals surface area contributed by atoms with Crippen molar-refractivity contribution in [1.29, 1.82) is 0 Å². The topological polar surface area (TPSA) is 38.0 Å². The van der Waals surface area contributed by atoms with Gasteiger partial charge < -0.3 is 15.1 Å². The van der Waals surface area contributed by atoms with E-state index in [0.29, 0.717) is 12.5 Å². The fraction of sp³-hybridized carbons (Fsp3) is 0.458. The molecule has 0 atom stereocenters. The van der Waals surface area contributed by atoms with E-state index in [1.807, 2.05) is 0 Å². The van der Waals surface area contributed by atoms with Gasteiger partial charge in [-0.3, -0.25) is 4.79 Å². The van der Waals surface area contributed by atoms with E-state index in [1.54, 1.807) is 4.90 Å². The molecule has 0 aliphatic carbocycles. The Hall–Kier alpha value is -2.17. The number of nitrogens with one attached hydrogen (secondary N) is 3. The van der Waals surface area contributed by atoms with E-state index in [0.717, 1.165) is 44.0 Å². The molecule has 1 aliphatic heterocycles. The molecular formula is C24H35N3O+2. The van der Waals surface area contributed by atoms with Crippen molar-refractivity contribution in [2.45, 2.75) is 40.2 Å². The molecule has 1 aliphatic rings. The van der Waals surface area contributed by atoms with Gasteiger partial charge >= 0.3 is 0 Å². The van der Waals surface area contributed by atoms with E-state index in [9.17, 15) is 4.79 Å². The van der Waals surface area contributed by atoms with Gasteiger partial charge in [0.25, 0.3) is 5.91 Å². The number of amides is 1. The van der Waals surface area contributed by atoms with Gasteiger partial charge in [0, 0.05) is 11.3 Å². The number of benzene rings is 2. The normalized spacial score (nSPS) is 19.6. The summed E-state index contributed by atoms with van der Waals surface area (Å²) in [6.07, 6.45) is 0. The van der Waals surface area contributed by atoms with Gasteiger partial charge in [-0.25, -0.2) is 0 Å². The Morgan fingerprint density at radius 1 is 0.929 bits per heavy atom. The highest BCUT2D eigenvalue weighted by Crippen LogP contribution is 2.27. The van der Waals surface area contributed by atoms with Crippen LogP contribution in [0.5, 0.6) is 0 Å². The maximum atomic E-state index is 12.7. The number of carbonyl (C=O) groups excluding carboxylic acids is 1. The zero-order valence-corrected chi connectivity index (χ0v) is 17.8. The van der Waals surface area contributed by atoms with Crippen molar-refractivity contribution in [3.63, 3.8) is 0 Å². The predicted octanol–water partition coefficient (Wildman–Crippen LogP) is 1.35. The van der Waals surface area contributed by atoms with Crippen LogP contribution in [-0.4, -0.2) is 38.6 Å². The second-order valence-electron chi connectivity index (χ2n) is 8.52. The van der Waals surface area contributed by atoms with Crippen molar-refractivity contribution in [2.75, 3.05) is 38.0 Å².